The van der Waals surface area contributed by atoms with Crippen LogP contribution in [0.1, 0.15) is 0 Å². The van der Waals surface area contributed by atoms with E-state index in [1.54, 1.807) is 0 Å². The molecule has 0 aromatic heterocycles. The lowest BCUT2D eigenvalue weighted by molar-refractivity contribution is -0.128. The van der Waals surface area contributed by atoms with Gasteiger partial charge in [-0.05, 0) is 0 Å². The first-order chi connectivity index (χ1) is 4.84. The maximum atomic E-state index is 11.0. The molecule has 1 fully saturated rings. The van der Waals surface area contributed by atoms with E-state index in [0.29, 0.717) is 5.33 Å². The number of alkyl halides is 1. The van der Waals surface area contributed by atoms with Crippen LogP contribution in [-0.4, -0.2) is 42.3 Å². The molecule has 1 amide bonds. The second-order valence-corrected chi connectivity index (χ2v) is 2.83. The van der Waals surface area contributed by atoms with Crippen LogP contribution in [0, 0.1) is 0 Å². The summed E-state index contributed by atoms with van der Waals surface area (Å²) in [4.78, 5) is 12.9. The van der Waals surface area contributed by atoms with Crippen LogP contribution in [0.25, 0.3) is 0 Å². The lowest BCUT2D eigenvalue weighted by Gasteiger charge is -2.26. The van der Waals surface area contributed by atoms with Crippen LogP contribution in [0.2, 0.25) is 0 Å². The van der Waals surface area contributed by atoms with Gasteiger partial charge in [0.15, 0.2) is 0 Å². The van der Waals surface area contributed by atoms with Crippen LogP contribution >= 0.6 is 15.9 Å². The van der Waals surface area contributed by atoms with E-state index in [9.17, 15) is 4.79 Å². The van der Waals surface area contributed by atoms with Crippen molar-refractivity contribution in [1.82, 2.24) is 10.2 Å². The summed E-state index contributed by atoms with van der Waals surface area (Å²) < 4.78 is 0. The Bertz CT molecular complexity index is 123. The van der Waals surface area contributed by atoms with Gasteiger partial charge in [0, 0.05) is 26.2 Å². The lowest BCUT2D eigenvalue weighted by atomic mass is 10.4. The summed E-state index contributed by atoms with van der Waals surface area (Å²) in [6.07, 6.45) is 0. The summed E-state index contributed by atoms with van der Waals surface area (Å²) in [5.41, 5.74) is 0. The molecule has 4 heteroatoms. The Morgan fingerprint density at radius 3 is 2.60 bits per heavy atom. The Kier molecular flexibility index (Phi) is 3.15. The summed E-state index contributed by atoms with van der Waals surface area (Å²) in [7, 11) is 0. The van der Waals surface area contributed by atoms with Crippen molar-refractivity contribution in [3.63, 3.8) is 0 Å². The third-order valence-electron chi connectivity index (χ3n) is 1.58. The normalized spacial score (nSPS) is 19.1. The number of carbonyl (C=O) groups is 1. The van der Waals surface area contributed by atoms with Gasteiger partial charge in [0.25, 0.3) is 0 Å². The van der Waals surface area contributed by atoms with Gasteiger partial charge in [-0.2, -0.15) is 0 Å². The van der Waals surface area contributed by atoms with E-state index in [2.05, 4.69) is 21.2 Å². The van der Waals surface area contributed by atoms with Gasteiger partial charge in [0.05, 0.1) is 5.33 Å². The van der Waals surface area contributed by atoms with Crippen LogP contribution in [-0.2, 0) is 4.79 Å². The fourth-order valence-corrected chi connectivity index (χ4v) is 1.35. The smallest absolute Gasteiger partial charge is 0.233 e. The number of nitrogens with zero attached hydrogens (tertiary/aromatic N) is 1. The zero-order chi connectivity index (χ0) is 7.40. The number of hydrogen-bond donors (Lipinski definition) is 1. The third-order valence-corrected chi connectivity index (χ3v) is 2.06. The molecule has 0 aliphatic carbocycles. The predicted octanol–water partition coefficient (Wildman–Crippen LogP) is -0.187. The van der Waals surface area contributed by atoms with E-state index in [-0.39, 0.29) is 5.91 Å². The number of amides is 1. The van der Waals surface area contributed by atoms with E-state index in [1.807, 2.05) is 4.90 Å². The van der Waals surface area contributed by atoms with Crippen LogP contribution in [0.5, 0.6) is 0 Å². The molecule has 1 aliphatic heterocycles. The molecule has 0 atom stereocenters. The highest BCUT2D eigenvalue weighted by Crippen LogP contribution is 1.95. The summed E-state index contributed by atoms with van der Waals surface area (Å²) >= 11 is 3.14. The molecule has 58 valence electrons. The average Bonchev–Trinajstić information content (AvgIpc) is 2.05. The van der Waals surface area contributed by atoms with Gasteiger partial charge in [0.2, 0.25) is 5.91 Å². The van der Waals surface area contributed by atoms with E-state index in [4.69, 9.17) is 0 Å². The van der Waals surface area contributed by atoms with E-state index < -0.39 is 0 Å². The first-order valence-corrected chi connectivity index (χ1v) is 4.51. The Labute approximate surface area is 68.9 Å². The first kappa shape index (κ1) is 8.01. The number of hydrogen-bond acceptors (Lipinski definition) is 2. The highest BCUT2D eigenvalue weighted by Gasteiger charge is 2.13. The van der Waals surface area contributed by atoms with Crippen molar-refractivity contribution >= 4 is 21.8 Å². The number of carbonyl (C=O) groups excluding carboxylic acids is 1. The van der Waals surface area contributed by atoms with Crippen molar-refractivity contribution in [3.8, 4) is 0 Å². The number of halogens is 1. The SMILES string of the molecule is O=C(CBr)N1CCNCC1. The molecule has 1 aliphatic rings. The Morgan fingerprint density at radius 2 is 2.10 bits per heavy atom. The molecular formula is C6H11BrN2O. The minimum Gasteiger partial charge on any atom is -0.339 e. The maximum absolute atomic E-state index is 11.0. The van der Waals surface area contributed by atoms with Gasteiger partial charge in [-0.3, -0.25) is 4.79 Å². The Hall–Kier alpha value is -0.0900. The van der Waals surface area contributed by atoms with Gasteiger partial charge in [-0.15, -0.1) is 0 Å². The minimum atomic E-state index is 0.196. The number of piperazine rings is 1. The molecule has 1 heterocycles. The quantitative estimate of drug-likeness (QED) is 0.604. The molecule has 0 aromatic rings. The highest BCUT2D eigenvalue weighted by molar-refractivity contribution is 9.09. The zero-order valence-corrected chi connectivity index (χ0v) is 7.35. The molecule has 1 rings (SSSR count). The van der Waals surface area contributed by atoms with Crippen molar-refractivity contribution in [2.75, 3.05) is 31.5 Å². The van der Waals surface area contributed by atoms with Crippen molar-refractivity contribution in [2.24, 2.45) is 0 Å². The van der Waals surface area contributed by atoms with Crippen molar-refractivity contribution in [2.45, 2.75) is 0 Å². The van der Waals surface area contributed by atoms with Crippen LogP contribution in [0.3, 0.4) is 0 Å². The molecule has 10 heavy (non-hydrogen) atoms. The summed E-state index contributed by atoms with van der Waals surface area (Å²) in [5.74, 6) is 0.196. The molecule has 0 aromatic carbocycles. The minimum absolute atomic E-state index is 0.196. The van der Waals surface area contributed by atoms with E-state index in [0.717, 1.165) is 26.2 Å². The molecule has 1 saturated heterocycles. The molecule has 0 bridgehead atoms. The lowest BCUT2D eigenvalue weighted by Crippen LogP contribution is -2.46. The van der Waals surface area contributed by atoms with Crippen molar-refractivity contribution in [3.05, 3.63) is 0 Å². The number of rotatable bonds is 1. The largest absolute Gasteiger partial charge is 0.339 e. The molecule has 0 unspecified atom stereocenters. The van der Waals surface area contributed by atoms with Gasteiger partial charge < -0.3 is 10.2 Å². The Balaban J connectivity index is 2.31. The average molecular weight is 207 g/mol. The number of nitrogens with one attached hydrogen (secondary N) is 1. The van der Waals surface area contributed by atoms with E-state index in [1.165, 1.54) is 0 Å². The Morgan fingerprint density at radius 1 is 1.50 bits per heavy atom. The predicted molar refractivity (Wildman–Crippen MR) is 43.2 cm³/mol. The molecular weight excluding hydrogens is 196 g/mol. The second-order valence-electron chi connectivity index (χ2n) is 2.26. The second kappa shape index (κ2) is 3.93. The fourth-order valence-electron chi connectivity index (χ4n) is 0.999. The van der Waals surface area contributed by atoms with Crippen LogP contribution in [0.15, 0.2) is 0 Å². The van der Waals surface area contributed by atoms with Gasteiger partial charge in [-0.25, -0.2) is 0 Å². The van der Waals surface area contributed by atoms with Gasteiger partial charge in [-0.1, -0.05) is 15.9 Å². The molecule has 0 radical (unpaired) electrons. The summed E-state index contributed by atoms with van der Waals surface area (Å²) in [6.45, 7) is 3.56. The molecule has 0 spiro atoms. The van der Waals surface area contributed by atoms with Crippen molar-refractivity contribution in [1.29, 1.82) is 0 Å². The zero-order valence-electron chi connectivity index (χ0n) is 5.77. The van der Waals surface area contributed by atoms with Gasteiger partial charge in [0.1, 0.15) is 0 Å². The first-order valence-electron chi connectivity index (χ1n) is 3.39. The summed E-state index contributed by atoms with van der Waals surface area (Å²) in [6, 6.07) is 0. The van der Waals surface area contributed by atoms with Crippen LogP contribution < -0.4 is 5.32 Å². The maximum Gasteiger partial charge on any atom is 0.233 e. The molecule has 1 N–H and O–H groups in total. The van der Waals surface area contributed by atoms with Gasteiger partial charge >= 0.3 is 0 Å². The molecule has 3 nitrogen and oxygen atoms in total. The topological polar surface area (TPSA) is 32.3 Å². The third kappa shape index (κ3) is 1.95. The van der Waals surface area contributed by atoms with Crippen LogP contribution in [0.4, 0.5) is 0 Å². The van der Waals surface area contributed by atoms with E-state index >= 15 is 0 Å². The monoisotopic (exact) mass is 206 g/mol. The fraction of sp³-hybridized carbons (Fsp3) is 0.833. The molecule has 0 saturated carbocycles. The van der Waals surface area contributed by atoms with Crippen molar-refractivity contribution < 1.29 is 4.79 Å². The summed E-state index contributed by atoms with van der Waals surface area (Å²) in [5, 5.41) is 3.64. The standard InChI is InChI=1S/C6H11BrN2O/c7-5-6(10)9-3-1-8-2-4-9/h8H,1-5H2. The highest BCUT2D eigenvalue weighted by atomic mass is 79.9.